The number of nitrogens with one attached hydrogen (secondary N) is 2. The van der Waals surface area contributed by atoms with Crippen LogP contribution in [0.4, 0.5) is 4.79 Å². The maximum Gasteiger partial charge on any atom is 0.325 e. The zero-order valence-electron chi connectivity index (χ0n) is 14.4. The molecule has 2 rings (SSSR count). The Hall–Kier alpha value is -2.37. The number of nitrogens with zero attached hydrogens (tertiary/aromatic N) is 1. The molecule has 1 aromatic carbocycles. The Labute approximate surface area is 142 Å². The van der Waals surface area contributed by atoms with Gasteiger partial charge >= 0.3 is 6.03 Å². The van der Waals surface area contributed by atoms with E-state index in [2.05, 4.69) is 10.6 Å². The molecule has 0 bridgehead atoms. The first-order valence-corrected chi connectivity index (χ1v) is 8.33. The minimum atomic E-state index is -0.541. The van der Waals surface area contributed by atoms with Gasteiger partial charge in [0, 0.05) is 6.04 Å². The van der Waals surface area contributed by atoms with Gasteiger partial charge in [0.25, 0.3) is 5.91 Å². The number of amides is 4. The van der Waals surface area contributed by atoms with Gasteiger partial charge in [0.1, 0.15) is 12.6 Å². The molecule has 4 amide bonds. The molecule has 0 saturated carbocycles. The third-order valence-corrected chi connectivity index (χ3v) is 4.14. The maximum absolute atomic E-state index is 12.2. The van der Waals surface area contributed by atoms with E-state index in [1.165, 1.54) is 5.56 Å². The topological polar surface area (TPSA) is 78.5 Å². The smallest absolute Gasteiger partial charge is 0.325 e. The monoisotopic (exact) mass is 331 g/mol. The molecule has 2 atom stereocenters. The van der Waals surface area contributed by atoms with E-state index in [1.807, 2.05) is 51.1 Å². The number of hydrogen-bond donors (Lipinski definition) is 2. The Morgan fingerprint density at radius 1 is 1.21 bits per heavy atom. The minimum Gasteiger partial charge on any atom is -0.352 e. The summed E-state index contributed by atoms with van der Waals surface area (Å²) in [5, 5.41) is 5.47. The maximum atomic E-state index is 12.2. The van der Waals surface area contributed by atoms with Gasteiger partial charge in [-0.3, -0.25) is 14.5 Å². The predicted molar refractivity (Wildman–Crippen MR) is 91.2 cm³/mol. The Kier molecular flexibility index (Phi) is 5.95. The van der Waals surface area contributed by atoms with Gasteiger partial charge < -0.3 is 10.6 Å². The van der Waals surface area contributed by atoms with Crippen molar-refractivity contribution >= 4 is 17.8 Å². The Morgan fingerprint density at radius 3 is 2.46 bits per heavy atom. The van der Waals surface area contributed by atoms with Crippen molar-refractivity contribution in [3.63, 3.8) is 0 Å². The summed E-state index contributed by atoms with van der Waals surface area (Å²) in [5.41, 5.74) is 1.22. The Balaban J connectivity index is 1.80. The molecule has 1 saturated heterocycles. The zero-order chi connectivity index (χ0) is 17.7. The van der Waals surface area contributed by atoms with Gasteiger partial charge in [-0.25, -0.2) is 4.79 Å². The second kappa shape index (κ2) is 7.95. The predicted octanol–water partition coefficient (Wildman–Crippen LogP) is 1.70. The molecule has 0 spiro atoms. The molecule has 2 N–H and O–H groups in total. The molecule has 2 unspecified atom stereocenters. The summed E-state index contributed by atoms with van der Waals surface area (Å²) in [6.45, 7) is 5.41. The molecule has 1 aliphatic heterocycles. The number of urea groups is 1. The Bertz CT molecular complexity index is 601. The Morgan fingerprint density at radius 2 is 1.88 bits per heavy atom. The first-order chi connectivity index (χ1) is 11.4. The standard InChI is InChI=1S/C18H25N3O3/c1-12(2)16-17(23)21(18(24)20-16)11-15(22)19-13(3)9-10-14-7-5-4-6-8-14/h4-8,12-13,16H,9-11H2,1-3H3,(H,19,22)(H,20,24). The second-order valence-electron chi connectivity index (χ2n) is 6.59. The lowest BCUT2D eigenvalue weighted by atomic mass is 10.1. The fourth-order valence-electron chi connectivity index (χ4n) is 2.71. The number of carbonyl (C=O) groups is 3. The van der Waals surface area contributed by atoms with Crippen LogP contribution in [0.2, 0.25) is 0 Å². The van der Waals surface area contributed by atoms with Crippen molar-refractivity contribution < 1.29 is 14.4 Å². The van der Waals surface area contributed by atoms with E-state index in [4.69, 9.17) is 0 Å². The van der Waals surface area contributed by atoms with Crippen molar-refractivity contribution in [2.75, 3.05) is 6.54 Å². The molecule has 1 heterocycles. The van der Waals surface area contributed by atoms with Crippen molar-refractivity contribution in [2.24, 2.45) is 5.92 Å². The normalized spacial score (nSPS) is 18.7. The van der Waals surface area contributed by atoms with Crippen LogP contribution >= 0.6 is 0 Å². The van der Waals surface area contributed by atoms with Crippen molar-refractivity contribution in [3.05, 3.63) is 35.9 Å². The van der Waals surface area contributed by atoms with E-state index >= 15 is 0 Å². The molecule has 1 aromatic rings. The van der Waals surface area contributed by atoms with Crippen molar-refractivity contribution in [2.45, 2.75) is 45.7 Å². The number of carbonyl (C=O) groups excluding carboxylic acids is 3. The minimum absolute atomic E-state index is 0.000641. The lowest BCUT2D eigenvalue weighted by molar-refractivity contribution is -0.133. The number of hydrogen-bond acceptors (Lipinski definition) is 3. The quantitative estimate of drug-likeness (QED) is 0.747. The van der Waals surface area contributed by atoms with Crippen LogP contribution in [0.15, 0.2) is 30.3 Å². The fraction of sp³-hybridized carbons (Fsp3) is 0.500. The fourth-order valence-corrected chi connectivity index (χ4v) is 2.71. The molecule has 6 nitrogen and oxygen atoms in total. The summed E-state index contributed by atoms with van der Waals surface area (Å²) in [6.07, 6.45) is 1.66. The highest BCUT2D eigenvalue weighted by molar-refractivity contribution is 6.06. The number of aryl methyl sites for hydroxylation is 1. The molecule has 0 aromatic heterocycles. The van der Waals surface area contributed by atoms with E-state index in [0.717, 1.165) is 17.7 Å². The lowest BCUT2D eigenvalue weighted by Crippen LogP contribution is -2.44. The summed E-state index contributed by atoms with van der Waals surface area (Å²) in [4.78, 5) is 37.1. The second-order valence-corrected chi connectivity index (χ2v) is 6.59. The molecule has 6 heteroatoms. The van der Waals surface area contributed by atoms with Crippen LogP contribution < -0.4 is 10.6 Å². The van der Waals surface area contributed by atoms with E-state index in [0.29, 0.717) is 0 Å². The van der Waals surface area contributed by atoms with E-state index in [1.54, 1.807) is 0 Å². The summed E-state index contributed by atoms with van der Waals surface area (Å²) in [5.74, 6) is -0.648. The van der Waals surface area contributed by atoms with Crippen LogP contribution in [0.25, 0.3) is 0 Å². The van der Waals surface area contributed by atoms with Gasteiger partial charge in [-0.2, -0.15) is 0 Å². The van der Waals surface area contributed by atoms with E-state index < -0.39 is 12.1 Å². The molecule has 0 radical (unpaired) electrons. The highest BCUT2D eigenvalue weighted by Crippen LogP contribution is 2.13. The third kappa shape index (κ3) is 4.57. The molecule has 0 aliphatic carbocycles. The van der Waals surface area contributed by atoms with Gasteiger partial charge in [-0.05, 0) is 31.2 Å². The first-order valence-electron chi connectivity index (χ1n) is 8.33. The van der Waals surface area contributed by atoms with Gasteiger partial charge in [-0.15, -0.1) is 0 Å². The molecular formula is C18H25N3O3. The van der Waals surface area contributed by atoms with Crippen LogP contribution in [0.5, 0.6) is 0 Å². The number of rotatable bonds is 7. The van der Waals surface area contributed by atoms with Gasteiger partial charge in [-0.1, -0.05) is 44.2 Å². The van der Waals surface area contributed by atoms with Crippen LogP contribution in [-0.2, 0) is 16.0 Å². The molecule has 130 valence electrons. The SMILES string of the molecule is CC(CCc1ccccc1)NC(=O)CN1C(=O)NC(C(C)C)C1=O. The van der Waals surface area contributed by atoms with Crippen LogP contribution in [0, 0.1) is 5.92 Å². The molecule has 1 fully saturated rings. The number of imide groups is 1. The van der Waals surface area contributed by atoms with Gasteiger partial charge in [0.2, 0.25) is 5.91 Å². The highest BCUT2D eigenvalue weighted by atomic mass is 16.2. The summed E-state index contributed by atoms with van der Waals surface area (Å²) >= 11 is 0. The van der Waals surface area contributed by atoms with Crippen LogP contribution in [0.1, 0.15) is 32.8 Å². The lowest BCUT2D eigenvalue weighted by Gasteiger charge is -2.17. The average molecular weight is 331 g/mol. The zero-order valence-corrected chi connectivity index (χ0v) is 14.4. The summed E-state index contributed by atoms with van der Waals surface area (Å²) in [6, 6.07) is 8.98. The van der Waals surface area contributed by atoms with Crippen LogP contribution in [-0.4, -0.2) is 41.4 Å². The van der Waals surface area contributed by atoms with Crippen molar-refractivity contribution in [3.8, 4) is 0 Å². The molecular weight excluding hydrogens is 306 g/mol. The largest absolute Gasteiger partial charge is 0.352 e. The van der Waals surface area contributed by atoms with E-state index in [9.17, 15) is 14.4 Å². The summed E-state index contributed by atoms with van der Waals surface area (Å²) < 4.78 is 0. The van der Waals surface area contributed by atoms with Gasteiger partial charge in [0.05, 0.1) is 0 Å². The molecule has 24 heavy (non-hydrogen) atoms. The number of benzene rings is 1. The van der Waals surface area contributed by atoms with Crippen molar-refractivity contribution in [1.29, 1.82) is 0 Å². The van der Waals surface area contributed by atoms with E-state index in [-0.39, 0.29) is 30.3 Å². The molecule has 1 aliphatic rings. The first kappa shape index (κ1) is 18.0. The van der Waals surface area contributed by atoms with Gasteiger partial charge in [0.15, 0.2) is 0 Å². The average Bonchev–Trinajstić information content (AvgIpc) is 2.82. The third-order valence-electron chi connectivity index (χ3n) is 4.14. The van der Waals surface area contributed by atoms with Crippen molar-refractivity contribution in [1.82, 2.24) is 15.5 Å². The summed E-state index contributed by atoms with van der Waals surface area (Å²) in [7, 11) is 0. The highest BCUT2D eigenvalue weighted by Gasteiger charge is 2.40. The van der Waals surface area contributed by atoms with Crippen LogP contribution in [0.3, 0.4) is 0 Å².